The Balaban J connectivity index is 2.35. The van der Waals surface area contributed by atoms with Gasteiger partial charge < -0.3 is 20.1 Å². The molecule has 1 aliphatic rings. The minimum absolute atomic E-state index is 0.00423. The van der Waals surface area contributed by atoms with E-state index in [9.17, 15) is 4.79 Å². The van der Waals surface area contributed by atoms with Gasteiger partial charge in [0.1, 0.15) is 0 Å². The van der Waals surface area contributed by atoms with Crippen molar-refractivity contribution in [1.82, 2.24) is 4.90 Å². The molecule has 2 unspecified atom stereocenters. The molecule has 1 fully saturated rings. The highest BCUT2D eigenvalue weighted by Gasteiger charge is 2.24. The van der Waals surface area contributed by atoms with E-state index in [1.807, 2.05) is 11.8 Å². The highest BCUT2D eigenvalue weighted by atomic mass is 16.5. The summed E-state index contributed by atoms with van der Waals surface area (Å²) in [5.74, 6) is 0.433. The summed E-state index contributed by atoms with van der Waals surface area (Å²) in [7, 11) is 1.65. The number of carbonyl (C=O) groups is 1. The average Bonchev–Trinajstić information content (AvgIpc) is 2.29. The van der Waals surface area contributed by atoms with Crippen LogP contribution in [-0.4, -0.2) is 56.9 Å². The van der Waals surface area contributed by atoms with Gasteiger partial charge in [0.15, 0.2) is 0 Å². The minimum Gasteiger partial charge on any atom is -0.384 e. The molecule has 0 bridgehead atoms. The van der Waals surface area contributed by atoms with E-state index >= 15 is 0 Å². The normalized spacial score (nSPS) is 23.2. The first-order chi connectivity index (χ1) is 7.67. The van der Waals surface area contributed by atoms with Gasteiger partial charge in [0.25, 0.3) is 0 Å². The number of nitrogens with zero attached hydrogens (tertiary/aromatic N) is 1. The van der Waals surface area contributed by atoms with Crippen LogP contribution < -0.4 is 5.73 Å². The quantitative estimate of drug-likeness (QED) is 0.713. The van der Waals surface area contributed by atoms with Crippen molar-refractivity contribution in [2.24, 2.45) is 11.7 Å². The van der Waals surface area contributed by atoms with Gasteiger partial charge in [0.05, 0.1) is 12.7 Å². The summed E-state index contributed by atoms with van der Waals surface area (Å²) in [5.41, 5.74) is 5.53. The maximum absolute atomic E-state index is 11.9. The number of nitrogens with two attached hydrogens (primary N) is 1. The maximum Gasteiger partial charge on any atom is 0.223 e. The smallest absolute Gasteiger partial charge is 0.223 e. The highest BCUT2D eigenvalue weighted by molar-refractivity contribution is 5.76. The third-order valence-corrected chi connectivity index (χ3v) is 2.73. The molecule has 0 aromatic carbocycles. The number of ether oxygens (including phenoxy) is 2. The van der Waals surface area contributed by atoms with Crippen LogP contribution in [0.1, 0.15) is 13.3 Å². The van der Waals surface area contributed by atoms with Crippen molar-refractivity contribution in [3.63, 3.8) is 0 Å². The van der Waals surface area contributed by atoms with Crippen molar-refractivity contribution in [3.05, 3.63) is 0 Å². The topological polar surface area (TPSA) is 64.8 Å². The molecule has 1 heterocycles. The lowest BCUT2D eigenvalue weighted by molar-refractivity contribution is -0.139. The predicted molar refractivity (Wildman–Crippen MR) is 61.0 cm³/mol. The lowest BCUT2D eigenvalue weighted by Crippen LogP contribution is -2.48. The Morgan fingerprint density at radius 1 is 1.69 bits per heavy atom. The number of hydrogen-bond donors (Lipinski definition) is 1. The monoisotopic (exact) mass is 230 g/mol. The molecule has 0 aromatic rings. The molecule has 1 rings (SSSR count). The molecule has 5 nitrogen and oxygen atoms in total. The van der Waals surface area contributed by atoms with Crippen LogP contribution >= 0.6 is 0 Å². The van der Waals surface area contributed by atoms with Gasteiger partial charge in [0.2, 0.25) is 5.91 Å². The third kappa shape index (κ3) is 4.08. The summed E-state index contributed by atoms with van der Waals surface area (Å²) < 4.78 is 10.4. The average molecular weight is 230 g/mol. The molecule has 16 heavy (non-hydrogen) atoms. The standard InChI is InChI=1S/C11H22N2O3/c1-9(8-15-2)5-11(14)13-3-4-16-10(6-12)7-13/h9-10H,3-8,12H2,1-2H3. The van der Waals surface area contributed by atoms with E-state index in [0.717, 1.165) is 0 Å². The molecule has 1 aliphatic heterocycles. The van der Waals surface area contributed by atoms with E-state index in [-0.39, 0.29) is 17.9 Å². The van der Waals surface area contributed by atoms with Crippen molar-refractivity contribution in [2.45, 2.75) is 19.4 Å². The van der Waals surface area contributed by atoms with Gasteiger partial charge in [-0.05, 0) is 5.92 Å². The summed E-state index contributed by atoms with van der Waals surface area (Å²) in [6, 6.07) is 0. The van der Waals surface area contributed by atoms with E-state index in [1.54, 1.807) is 7.11 Å². The molecule has 2 atom stereocenters. The number of hydrogen-bond acceptors (Lipinski definition) is 4. The zero-order valence-electron chi connectivity index (χ0n) is 10.1. The molecule has 0 radical (unpaired) electrons. The molecule has 0 aromatic heterocycles. The molecule has 1 saturated heterocycles. The van der Waals surface area contributed by atoms with Gasteiger partial charge in [-0.25, -0.2) is 0 Å². The fraction of sp³-hybridized carbons (Fsp3) is 0.909. The Labute approximate surface area is 96.9 Å². The lowest BCUT2D eigenvalue weighted by Gasteiger charge is -2.33. The first kappa shape index (κ1) is 13.4. The molecule has 0 spiro atoms. The Hall–Kier alpha value is -0.650. The molecule has 1 amide bonds. The number of carbonyl (C=O) groups excluding carboxylic acids is 1. The highest BCUT2D eigenvalue weighted by Crippen LogP contribution is 2.10. The maximum atomic E-state index is 11.9. The van der Waals surface area contributed by atoms with Crippen LogP contribution in [0.3, 0.4) is 0 Å². The van der Waals surface area contributed by atoms with E-state index < -0.39 is 0 Å². The fourth-order valence-electron chi connectivity index (χ4n) is 1.86. The molecule has 2 N–H and O–H groups in total. The van der Waals surface area contributed by atoms with Crippen LogP contribution in [0.15, 0.2) is 0 Å². The van der Waals surface area contributed by atoms with Gasteiger partial charge in [-0.15, -0.1) is 0 Å². The molecular formula is C11H22N2O3. The van der Waals surface area contributed by atoms with E-state index in [0.29, 0.717) is 39.3 Å². The molecule has 0 aliphatic carbocycles. The molecule has 5 heteroatoms. The van der Waals surface area contributed by atoms with Gasteiger partial charge in [0, 0.05) is 39.8 Å². The van der Waals surface area contributed by atoms with Gasteiger partial charge in [-0.2, -0.15) is 0 Å². The molecule has 0 saturated carbocycles. The van der Waals surface area contributed by atoms with Crippen molar-refractivity contribution in [3.8, 4) is 0 Å². The SMILES string of the molecule is COCC(C)CC(=O)N1CCOC(CN)C1. The number of rotatable bonds is 5. The number of methoxy groups -OCH3 is 1. The van der Waals surface area contributed by atoms with Crippen molar-refractivity contribution >= 4 is 5.91 Å². The van der Waals surface area contributed by atoms with Crippen LogP contribution in [0, 0.1) is 5.92 Å². The van der Waals surface area contributed by atoms with Crippen LogP contribution in [0.4, 0.5) is 0 Å². The minimum atomic E-state index is -0.00423. The number of morpholine rings is 1. The second-order valence-corrected chi connectivity index (χ2v) is 4.33. The second kappa shape index (κ2) is 6.83. The summed E-state index contributed by atoms with van der Waals surface area (Å²) in [6.07, 6.45) is 0.529. The molecular weight excluding hydrogens is 208 g/mol. The van der Waals surface area contributed by atoms with Crippen LogP contribution in [0.2, 0.25) is 0 Å². The van der Waals surface area contributed by atoms with Crippen LogP contribution in [0.5, 0.6) is 0 Å². The first-order valence-electron chi connectivity index (χ1n) is 5.75. The Bertz CT molecular complexity index is 223. The molecule has 94 valence electrons. The van der Waals surface area contributed by atoms with Gasteiger partial charge in [-0.1, -0.05) is 6.92 Å². The lowest BCUT2D eigenvalue weighted by atomic mass is 10.1. The summed E-state index contributed by atoms with van der Waals surface area (Å²) in [4.78, 5) is 13.8. The van der Waals surface area contributed by atoms with Gasteiger partial charge in [-0.3, -0.25) is 4.79 Å². The van der Waals surface area contributed by atoms with Gasteiger partial charge >= 0.3 is 0 Å². The fourth-order valence-corrected chi connectivity index (χ4v) is 1.86. The van der Waals surface area contributed by atoms with Crippen molar-refractivity contribution in [1.29, 1.82) is 0 Å². The Morgan fingerprint density at radius 2 is 2.44 bits per heavy atom. The Kier molecular flexibility index (Phi) is 5.73. The second-order valence-electron chi connectivity index (χ2n) is 4.33. The Morgan fingerprint density at radius 3 is 3.06 bits per heavy atom. The summed E-state index contributed by atoms with van der Waals surface area (Å²) in [5, 5.41) is 0. The van der Waals surface area contributed by atoms with E-state index in [4.69, 9.17) is 15.2 Å². The van der Waals surface area contributed by atoms with Crippen molar-refractivity contribution in [2.75, 3.05) is 40.0 Å². The largest absolute Gasteiger partial charge is 0.384 e. The van der Waals surface area contributed by atoms with Crippen LogP contribution in [-0.2, 0) is 14.3 Å². The zero-order valence-corrected chi connectivity index (χ0v) is 10.1. The first-order valence-corrected chi connectivity index (χ1v) is 5.75. The third-order valence-electron chi connectivity index (χ3n) is 2.73. The van der Waals surface area contributed by atoms with E-state index in [1.165, 1.54) is 0 Å². The number of amides is 1. The predicted octanol–water partition coefficient (Wildman–Crippen LogP) is -0.155. The summed E-state index contributed by atoms with van der Waals surface area (Å²) in [6.45, 7) is 4.99. The summed E-state index contributed by atoms with van der Waals surface area (Å²) >= 11 is 0. The van der Waals surface area contributed by atoms with Crippen molar-refractivity contribution < 1.29 is 14.3 Å². The van der Waals surface area contributed by atoms with E-state index in [2.05, 4.69) is 0 Å². The zero-order chi connectivity index (χ0) is 12.0. The van der Waals surface area contributed by atoms with Crippen LogP contribution in [0.25, 0.3) is 0 Å².